The van der Waals surface area contributed by atoms with E-state index in [0.29, 0.717) is 59.0 Å². The third kappa shape index (κ3) is 20.6. The van der Waals surface area contributed by atoms with E-state index in [9.17, 15) is 14.4 Å². The van der Waals surface area contributed by atoms with Crippen molar-refractivity contribution < 1.29 is 28.6 Å². The number of ether oxygens (including phenoxy) is 3. The first-order chi connectivity index (χ1) is 15.0. The van der Waals surface area contributed by atoms with Crippen molar-refractivity contribution in [3.63, 3.8) is 0 Å². The Labute approximate surface area is 193 Å². The lowest BCUT2D eigenvalue weighted by Gasteiger charge is -2.12. The van der Waals surface area contributed by atoms with Crippen LogP contribution in [-0.2, 0) is 28.6 Å². The fourth-order valence-electron chi connectivity index (χ4n) is 2.35. The van der Waals surface area contributed by atoms with Crippen molar-refractivity contribution in [3.8, 4) is 0 Å². The lowest BCUT2D eigenvalue weighted by molar-refractivity contribution is -0.126. The number of unbranched alkanes of at least 4 members (excludes halogenated alkanes) is 1. The number of carbonyl (C=O) groups excluding carboxylic acids is 3. The van der Waals surface area contributed by atoms with Crippen molar-refractivity contribution in [2.24, 2.45) is 5.73 Å². The average Bonchev–Trinajstić information content (AvgIpc) is 2.74. The third-order valence-corrected chi connectivity index (χ3v) is 5.82. The number of rotatable bonds is 22. The van der Waals surface area contributed by atoms with Gasteiger partial charge in [-0.1, -0.05) is 21.6 Å². The van der Waals surface area contributed by atoms with E-state index in [1.54, 1.807) is 28.6 Å². The molecule has 1 unspecified atom stereocenters. The van der Waals surface area contributed by atoms with Crippen molar-refractivity contribution in [3.05, 3.63) is 0 Å². The molecular weight excluding hydrogens is 444 g/mol. The molecule has 0 aromatic rings. The molecule has 0 aromatic heterocycles. The van der Waals surface area contributed by atoms with Gasteiger partial charge >= 0.3 is 0 Å². The van der Waals surface area contributed by atoms with Crippen molar-refractivity contribution in [2.45, 2.75) is 31.7 Å². The Morgan fingerprint density at radius 1 is 0.903 bits per heavy atom. The molecule has 12 heteroatoms. The highest BCUT2D eigenvalue weighted by molar-refractivity contribution is 8.76. The predicted octanol–water partition coefficient (Wildman–Crippen LogP) is -0.0865. The smallest absolute Gasteiger partial charge is 0.245 e. The molecular formula is C19H38N4O6S2. The summed E-state index contributed by atoms with van der Waals surface area (Å²) in [5.74, 6) is 0.293. The Balaban J connectivity index is 3.33. The van der Waals surface area contributed by atoms with Crippen LogP contribution in [-0.4, -0.2) is 95.6 Å². The van der Waals surface area contributed by atoms with E-state index in [4.69, 9.17) is 19.9 Å². The first kappa shape index (κ1) is 29.9. The van der Waals surface area contributed by atoms with Gasteiger partial charge in [0.2, 0.25) is 17.7 Å². The quantitative estimate of drug-likeness (QED) is 0.123. The lowest BCUT2D eigenvalue weighted by Crippen LogP contribution is -2.39. The molecule has 1 atom stereocenters. The monoisotopic (exact) mass is 482 g/mol. The van der Waals surface area contributed by atoms with Gasteiger partial charge < -0.3 is 35.9 Å². The molecule has 0 saturated carbocycles. The molecule has 3 amide bonds. The topological polar surface area (TPSA) is 141 Å². The third-order valence-electron chi connectivity index (χ3n) is 4.01. The van der Waals surface area contributed by atoms with Crippen molar-refractivity contribution >= 4 is 39.3 Å². The molecule has 10 nitrogen and oxygen atoms in total. The number of likely N-dealkylation sites (N-methyl/N-ethyl adjacent to an activating group) is 1. The van der Waals surface area contributed by atoms with E-state index in [0.717, 1.165) is 18.6 Å². The number of nitrogens with one attached hydrogen (secondary N) is 3. The van der Waals surface area contributed by atoms with Crippen LogP contribution in [0.25, 0.3) is 0 Å². The van der Waals surface area contributed by atoms with Gasteiger partial charge in [0.25, 0.3) is 0 Å². The fraction of sp³-hybridized carbons (Fsp3) is 0.842. The van der Waals surface area contributed by atoms with Gasteiger partial charge in [0.1, 0.15) is 6.61 Å². The number of hydrogen-bond acceptors (Lipinski definition) is 9. The zero-order chi connectivity index (χ0) is 23.2. The maximum absolute atomic E-state index is 11.6. The maximum atomic E-state index is 11.6. The van der Waals surface area contributed by atoms with Crippen LogP contribution in [0.1, 0.15) is 25.7 Å². The number of carbonyl (C=O) groups is 3. The highest BCUT2D eigenvalue weighted by Crippen LogP contribution is 2.16. The van der Waals surface area contributed by atoms with Crippen LogP contribution >= 0.6 is 21.6 Å². The molecule has 5 N–H and O–H groups in total. The van der Waals surface area contributed by atoms with Crippen LogP contribution < -0.4 is 21.7 Å². The fourth-order valence-corrected chi connectivity index (χ4v) is 3.54. The Bertz CT molecular complexity index is 488. The van der Waals surface area contributed by atoms with Crippen LogP contribution in [0, 0.1) is 0 Å². The summed E-state index contributed by atoms with van der Waals surface area (Å²) in [6.07, 6.45) is 4.70. The molecule has 0 bridgehead atoms. The molecule has 0 aliphatic heterocycles. The highest BCUT2D eigenvalue weighted by Gasteiger charge is 2.11. The van der Waals surface area contributed by atoms with Gasteiger partial charge in [-0.2, -0.15) is 0 Å². The predicted molar refractivity (Wildman–Crippen MR) is 125 cm³/mol. The van der Waals surface area contributed by atoms with Crippen LogP contribution in [0.3, 0.4) is 0 Å². The minimum absolute atomic E-state index is 0.0184. The summed E-state index contributed by atoms with van der Waals surface area (Å²) in [5.41, 5.74) is 5.24. The summed E-state index contributed by atoms with van der Waals surface area (Å²) in [5, 5.41) is 8.42. The standard InChI is InChI=1S/C19H38N4O6S2/c1-21-16(19(20)26)5-3-4-7-22-18(25)15-29-13-12-28-11-10-27-9-8-23-17(24)6-14-31-30-2/h16,21H,3-15H2,1-2H3,(H2,20,26)(H,22,25)(H,23,24). The average molecular weight is 483 g/mol. The highest BCUT2D eigenvalue weighted by atomic mass is 33.1. The zero-order valence-electron chi connectivity index (χ0n) is 18.6. The number of amides is 3. The van der Waals surface area contributed by atoms with Gasteiger partial charge in [-0.3, -0.25) is 14.4 Å². The first-order valence-electron chi connectivity index (χ1n) is 10.4. The summed E-state index contributed by atoms with van der Waals surface area (Å²) >= 11 is 0. The number of hydrogen-bond donors (Lipinski definition) is 4. The van der Waals surface area contributed by atoms with Crippen LogP contribution in [0.2, 0.25) is 0 Å². The Hall–Kier alpha value is -1.05. The second-order valence-corrected chi connectivity index (χ2v) is 9.14. The van der Waals surface area contributed by atoms with E-state index in [2.05, 4.69) is 16.0 Å². The zero-order valence-corrected chi connectivity index (χ0v) is 20.2. The molecule has 0 aliphatic rings. The molecule has 0 aromatic carbocycles. The molecule has 0 saturated heterocycles. The number of nitrogens with two attached hydrogens (primary N) is 1. The van der Waals surface area contributed by atoms with Crippen LogP contribution in [0.5, 0.6) is 0 Å². The molecule has 31 heavy (non-hydrogen) atoms. The van der Waals surface area contributed by atoms with Crippen molar-refractivity contribution in [1.29, 1.82) is 0 Å². The molecule has 0 radical (unpaired) electrons. The van der Waals surface area contributed by atoms with Crippen molar-refractivity contribution in [1.82, 2.24) is 16.0 Å². The van der Waals surface area contributed by atoms with Crippen molar-refractivity contribution in [2.75, 3.05) is 71.8 Å². The second kappa shape index (κ2) is 22.2. The molecule has 0 aliphatic carbocycles. The number of primary amides is 1. The summed E-state index contributed by atoms with van der Waals surface area (Å²) in [7, 11) is 5.01. The Morgan fingerprint density at radius 2 is 1.55 bits per heavy atom. The SMILES string of the molecule is CNC(CCCCNC(=O)COCCOCCOCCNC(=O)CCSSC)C(N)=O. The Kier molecular flexibility index (Phi) is 21.4. The van der Waals surface area contributed by atoms with Crippen LogP contribution in [0.4, 0.5) is 0 Å². The second-order valence-electron chi connectivity index (χ2n) is 6.46. The normalized spacial score (nSPS) is 11.8. The summed E-state index contributed by atoms with van der Waals surface area (Å²) < 4.78 is 16.0. The summed E-state index contributed by atoms with van der Waals surface area (Å²) in [6, 6.07) is -0.329. The molecule has 0 fully saturated rings. The van der Waals surface area contributed by atoms with Gasteiger partial charge in [0, 0.05) is 25.3 Å². The molecule has 0 heterocycles. The van der Waals surface area contributed by atoms with E-state index >= 15 is 0 Å². The van der Waals surface area contributed by atoms with E-state index in [-0.39, 0.29) is 30.4 Å². The summed E-state index contributed by atoms with van der Waals surface area (Å²) in [6.45, 7) is 2.99. The summed E-state index contributed by atoms with van der Waals surface area (Å²) in [4.78, 5) is 34.2. The lowest BCUT2D eigenvalue weighted by atomic mass is 10.1. The van der Waals surface area contributed by atoms with Gasteiger partial charge in [-0.25, -0.2) is 0 Å². The molecule has 182 valence electrons. The Morgan fingerprint density at radius 3 is 2.19 bits per heavy atom. The first-order valence-corrected chi connectivity index (χ1v) is 13.1. The van der Waals surface area contributed by atoms with Crippen LogP contribution in [0.15, 0.2) is 0 Å². The van der Waals surface area contributed by atoms with E-state index in [1.165, 1.54) is 0 Å². The molecule has 0 rings (SSSR count). The largest absolute Gasteiger partial charge is 0.377 e. The van der Waals surface area contributed by atoms with Gasteiger partial charge in [-0.05, 0) is 32.6 Å². The minimum Gasteiger partial charge on any atom is -0.377 e. The van der Waals surface area contributed by atoms with Gasteiger partial charge in [0.15, 0.2) is 0 Å². The molecule has 0 spiro atoms. The van der Waals surface area contributed by atoms with Gasteiger partial charge in [-0.15, -0.1) is 0 Å². The van der Waals surface area contributed by atoms with E-state index in [1.807, 2.05) is 6.26 Å². The van der Waals surface area contributed by atoms with Gasteiger partial charge in [0.05, 0.1) is 39.1 Å². The van der Waals surface area contributed by atoms with E-state index < -0.39 is 0 Å². The minimum atomic E-state index is -0.367. The maximum Gasteiger partial charge on any atom is 0.245 e.